The van der Waals surface area contributed by atoms with Gasteiger partial charge in [0.25, 0.3) is 5.91 Å². The number of nitrogens with one attached hydrogen (secondary N) is 1. The highest BCUT2D eigenvalue weighted by Gasteiger charge is 2.26. The molecule has 0 bridgehead atoms. The van der Waals surface area contributed by atoms with Crippen molar-refractivity contribution in [1.82, 2.24) is 10.2 Å². The molecule has 0 aliphatic carbocycles. The van der Waals surface area contributed by atoms with Gasteiger partial charge in [0.15, 0.2) is 6.61 Å². The van der Waals surface area contributed by atoms with Crippen LogP contribution in [0.4, 0.5) is 0 Å². The van der Waals surface area contributed by atoms with Crippen molar-refractivity contribution in [1.29, 1.82) is 0 Å². The van der Waals surface area contributed by atoms with Crippen LogP contribution in [0.15, 0.2) is 24.3 Å². The number of hydrogen-bond acceptors (Lipinski definition) is 5. The highest BCUT2D eigenvalue weighted by molar-refractivity contribution is 6.02. The van der Waals surface area contributed by atoms with Crippen LogP contribution in [0.2, 0.25) is 0 Å². The van der Waals surface area contributed by atoms with Crippen LogP contribution in [-0.4, -0.2) is 48.9 Å². The number of rotatable bonds is 5. The second kappa shape index (κ2) is 6.74. The standard InChI is InChI=1S/C14H16N2O5/c1-2-20-10-3-5-11(6-4-10)21-9-14(19)16-7-12(17)15-13(18)8-16/h3-6H,2,7-9H2,1H3,(H,15,17,18). The van der Waals surface area contributed by atoms with Gasteiger partial charge in [-0.05, 0) is 31.2 Å². The lowest BCUT2D eigenvalue weighted by molar-refractivity contribution is -0.146. The predicted octanol–water partition coefficient (Wildman–Crippen LogP) is -0.0509. The van der Waals surface area contributed by atoms with E-state index in [0.717, 1.165) is 10.6 Å². The van der Waals surface area contributed by atoms with Gasteiger partial charge in [0, 0.05) is 0 Å². The molecule has 0 aromatic heterocycles. The highest BCUT2D eigenvalue weighted by atomic mass is 16.5. The summed E-state index contributed by atoms with van der Waals surface area (Å²) in [5.41, 5.74) is 0. The van der Waals surface area contributed by atoms with Gasteiger partial charge in [-0.2, -0.15) is 0 Å². The average Bonchev–Trinajstić information content (AvgIpc) is 2.45. The molecule has 7 nitrogen and oxygen atoms in total. The second-order valence-electron chi connectivity index (χ2n) is 4.41. The van der Waals surface area contributed by atoms with Crippen molar-refractivity contribution in [3.63, 3.8) is 0 Å². The van der Waals surface area contributed by atoms with E-state index in [9.17, 15) is 14.4 Å². The Morgan fingerprint density at radius 2 is 1.62 bits per heavy atom. The number of hydrogen-bond donors (Lipinski definition) is 1. The molecule has 1 fully saturated rings. The van der Waals surface area contributed by atoms with Crippen molar-refractivity contribution in [3.05, 3.63) is 24.3 Å². The van der Waals surface area contributed by atoms with Crippen LogP contribution >= 0.6 is 0 Å². The summed E-state index contributed by atoms with van der Waals surface area (Å²) in [6.07, 6.45) is 0. The Hall–Kier alpha value is -2.57. The molecule has 0 saturated carbocycles. The zero-order valence-electron chi connectivity index (χ0n) is 11.6. The second-order valence-corrected chi connectivity index (χ2v) is 4.41. The van der Waals surface area contributed by atoms with Crippen LogP contribution in [-0.2, 0) is 14.4 Å². The van der Waals surface area contributed by atoms with E-state index >= 15 is 0 Å². The Morgan fingerprint density at radius 3 is 2.14 bits per heavy atom. The molecule has 0 unspecified atom stereocenters. The van der Waals surface area contributed by atoms with E-state index in [1.165, 1.54) is 0 Å². The number of benzene rings is 1. The van der Waals surface area contributed by atoms with E-state index in [4.69, 9.17) is 9.47 Å². The van der Waals surface area contributed by atoms with Crippen LogP contribution in [0, 0.1) is 0 Å². The fourth-order valence-corrected chi connectivity index (χ4v) is 1.85. The number of amides is 3. The molecule has 112 valence electrons. The third-order valence-corrected chi connectivity index (χ3v) is 2.80. The summed E-state index contributed by atoms with van der Waals surface area (Å²) < 4.78 is 10.6. The maximum atomic E-state index is 11.9. The van der Waals surface area contributed by atoms with E-state index in [2.05, 4.69) is 5.32 Å². The van der Waals surface area contributed by atoms with Gasteiger partial charge in [-0.15, -0.1) is 0 Å². The van der Waals surface area contributed by atoms with E-state index in [1.54, 1.807) is 24.3 Å². The Bertz CT molecular complexity index is 525. The molecular weight excluding hydrogens is 276 g/mol. The molecule has 1 N–H and O–H groups in total. The number of nitrogens with zero attached hydrogens (tertiary/aromatic N) is 1. The summed E-state index contributed by atoms with van der Waals surface area (Å²) in [6.45, 7) is 1.98. The quantitative estimate of drug-likeness (QED) is 0.769. The molecule has 7 heteroatoms. The first-order valence-corrected chi connectivity index (χ1v) is 6.54. The fourth-order valence-electron chi connectivity index (χ4n) is 1.85. The molecule has 3 amide bonds. The lowest BCUT2D eigenvalue weighted by Gasteiger charge is -2.25. The molecule has 21 heavy (non-hydrogen) atoms. The first-order chi connectivity index (χ1) is 10.1. The SMILES string of the molecule is CCOc1ccc(OCC(=O)N2CC(=O)NC(=O)C2)cc1. The van der Waals surface area contributed by atoms with E-state index in [0.29, 0.717) is 12.4 Å². The molecule has 1 aliphatic heterocycles. The predicted molar refractivity (Wildman–Crippen MR) is 72.8 cm³/mol. The number of piperazine rings is 1. The average molecular weight is 292 g/mol. The van der Waals surface area contributed by atoms with Gasteiger partial charge in [0.1, 0.15) is 24.6 Å². The minimum absolute atomic E-state index is 0.128. The Balaban J connectivity index is 1.85. The summed E-state index contributed by atoms with van der Waals surface area (Å²) in [5.74, 6) is -0.150. The van der Waals surface area contributed by atoms with Crippen LogP contribution in [0.5, 0.6) is 11.5 Å². The molecule has 1 aliphatic rings. The lowest BCUT2D eigenvalue weighted by atomic mass is 10.3. The first kappa shape index (κ1) is 14.8. The van der Waals surface area contributed by atoms with Gasteiger partial charge in [0.05, 0.1) is 6.61 Å². The normalized spacial score (nSPS) is 14.6. The third kappa shape index (κ3) is 4.20. The molecule has 0 spiro atoms. The van der Waals surface area contributed by atoms with Crippen LogP contribution in [0.1, 0.15) is 6.92 Å². The molecule has 1 aromatic carbocycles. The maximum absolute atomic E-state index is 11.9. The molecule has 1 aromatic rings. The number of imide groups is 1. The smallest absolute Gasteiger partial charge is 0.261 e. The molecule has 2 rings (SSSR count). The van der Waals surface area contributed by atoms with Crippen molar-refractivity contribution in [2.45, 2.75) is 6.92 Å². The number of carbonyl (C=O) groups excluding carboxylic acids is 3. The Labute approximate surface area is 121 Å². The van der Waals surface area contributed by atoms with Gasteiger partial charge in [0.2, 0.25) is 11.8 Å². The van der Waals surface area contributed by atoms with Gasteiger partial charge < -0.3 is 14.4 Å². The Morgan fingerprint density at radius 1 is 1.10 bits per heavy atom. The zero-order chi connectivity index (χ0) is 15.2. The third-order valence-electron chi connectivity index (χ3n) is 2.80. The number of ether oxygens (including phenoxy) is 2. The van der Waals surface area contributed by atoms with Gasteiger partial charge in [-0.25, -0.2) is 0 Å². The van der Waals surface area contributed by atoms with E-state index in [1.807, 2.05) is 6.92 Å². The minimum atomic E-state index is -0.485. The van der Waals surface area contributed by atoms with Crippen molar-refractivity contribution in [2.75, 3.05) is 26.3 Å². The van der Waals surface area contributed by atoms with E-state index in [-0.39, 0.29) is 19.7 Å². The molecule has 1 saturated heterocycles. The largest absolute Gasteiger partial charge is 0.494 e. The van der Waals surface area contributed by atoms with Gasteiger partial charge in [-0.1, -0.05) is 0 Å². The van der Waals surface area contributed by atoms with Crippen molar-refractivity contribution in [2.24, 2.45) is 0 Å². The summed E-state index contributed by atoms with van der Waals surface area (Å²) >= 11 is 0. The number of carbonyl (C=O) groups is 3. The van der Waals surface area contributed by atoms with Gasteiger partial charge in [-0.3, -0.25) is 19.7 Å². The summed E-state index contributed by atoms with van der Waals surface area (Å²) in [6, 6.07) is 6.85. The zero-order valence-corrected chi connectivity index (χ0v) is 11.6. The summed E-state index contributed by atoms with van der Waals surface area (Å²) in [7, 11) is 0. The molecule has 0 radical (unpaired) electrons. The van der Waals surface area contributed by atoms with Crippen molar-refractivity contribution < 1.29 is 23.9 Å². The van der Waals surface area contributed by atoms with Crippen LogP contribution in [0.25, 0.3) is 0 Å². The van der Waals surface area contributed by atoms with E-state index < -0.39 is 17.7 Å². The molecule has 0 atom stereocenters. The first-order valence-electron chi connectivity index (χ1n) is 6.54. The summed E-state index contributed by atoms with van der Waals surface area (Å²) in [4.78, 5) is 35.4. The maximum Gasteiger partial charge on any atom is 0.261 e. The Kier molecular flexibility index (Phi) is 4.76. The van der Waals surface area contributed by atoms with Crippen molar-refractivity contribution >= 4 is 17.7 Å². The monoisotopic (exact) mass is 292 g/mol. The fraction of sp³-hybridized carbons (Fsp3) is 0.357. The minimum Gasteiger partial charge on any atom is -0.494 e. The van der Waals surface area contributed by atoms with Gasteiger partial charge >= 0.3 is 0 Å². The molecule has 1 heterocycles. The van der Waals surface area contributed by atoms with Crippen LogP contribution in [0.3, 0.4) is 0 Å². The highest BCUT2D eigenvalue weighted by Crippen LogP contribution is 2.17. The topological polar surface area (TPSA) is 84.9 Å². The lowest BCUT2D eigenvalue weighted by Crippen LogP contribution is -2.54. The van der Waals surface area contributed by atoms with Crippen LogP contribution < -0.4 is 14.8 Å². The molecular formula is C14H16N2O5. The van der Waals surface area contributed by atoms with Crippen molar-refractivity contribution in [3.8, 4) is 11.5 Å². The summed E-state index contributed by atoms with van der Waals surface area (Å²) in [5, 5.41) is 2.13.